The summed E-state index contributed by atoms with van der Waals surface area (Å²) in [5.74, 6) is -0.859. The Labute approximate surface area is 188 Å². The van der Waals surface area contributed by atoms with E-state index in [-0.39, 0.29) is 25.7 Å². The molecule has 0 radical (unpaired) electrons. The van der Waals surface area contributed by atoms with E-state index in [1.807, 2.05) is 75.4 Å². The van der Waals surface area contributed by atoms with Crippen LogP contribution < -0.4 is 4.90 Å². The van der Waals surface area contributed by atoms with Crippen LogP contribution >= 0.6 is 0 Å². The molecular formula is C26H29NO5. The first-order valence-corrected chi connectivity index (χ1v) is 10.7. The maximum Gasteiger partial charge on any atom is 0.321 e. The first-order valence-electron chi connectivity index (χ1n) is 10.7. The number of benzene rings is 2. The summed E-state index contributed by atoms with van der Waals surface area (Å²) in [6, 6.07) is 16.7. The zero-order chi connectivity index (χ0) is 23.1. The fourth-order valence-electron chi connectivity index (χ4n) is 4.84. The smallest absolute Gasteiger partial charge is 0.321 e. The number of hydrogen-bond acceptors (Lipinski definition) is 5. The molecule has 0 aromatic heterocycles. The second kappa shape index (κ2) is 7.87. The van der Waals surface area contributed by atoms with Crippen molar-refractivity contribution in [1.29, 1.82) is 0 Å². The minimum absolute atomic E-state index is 0.0427. The van der Waals surface area contributed by atoms with Crippen LogP contribution in [0.4, 0.5) is 5.69 Å². The van der Waals surface area contributed by atoms with Gasteiger partial charge < -0.3 is 14.2 Å². The Morgan fingerprint density at radius 2 is 1.78 bits per heavy atom. The third kappa shape index (κ3) is 3.17. The summed E-state index contributed by atoms with van der Waals surface area (Å²) in [4.78, 5) is 29.8. The largest absolute Gasteiger partial charge is 0.459 e. The minimum atomic E-state index is -1.60. The highest BCUT2D eigenvalue weighted by molar-refractivity contribution is 6.12. The number of methoxy groups -OCH3 is 1. The fraction of sp³-hybridized carbons (Fsp3) is 0.385. The SMILES string of the molecule is C=C1CO[C@@]2(C(=O)N(COC)c3ccccc32)[C@](C(=O)OC(C)(C)C)(c2ccccc2)C1. The van der Waals surface area contributed by atoms with Crippen LogP contribution in [0.5, 0.6) is 0 Å². The molecule has 0 bridgehead atoms. The van der Waals surface area contributed by atoms with Crippen molar-refractivity contribution >= 4 is 17.6 Å². The van der Waals surface area contributed by atoms with Crippen LogP contribution in [-0.2, 0) is 34.8 Å². The first-order chi connectivity index (χ1) is 15.2. The van der Waals surface area contributed by atoms with Crippen molar-refractivity contribution in [2.75, 3.05) is 25.3 Å². The molecule has 1 amide bonds. The minimum Gasteiger partial charge on any atom is -0.459 e. The zero-order valence-corrected chi connectivity index (χ0v) is 19.0. The Hall–Kier alpha value is -2.96. The normalized spacial score (nSPS) is 25.2. The first kappa shape index (κ1) is 22.2. The molecule has 4 rings (SSSR count). The topological polar surface area (TPSA) is 65.1 Å². The van der Waals surface area contributed by atoms with Crippen LogP contribution in [0.3, 0.4) is 0 Å². The van der Waals surface area contributed by atoms with Crippen LogP contribution in [0.15, 0.2) is 66.7 Å². The van der Waals surface area contributed by atoms with E-state index < -0.39 is 22.6 Å². The molecule has 2 aromatic carbocycles. The average molecular weight is 436 g/mol. The van der Waals surface area contributed by atoms with Crippen LogP contribution in [0, 0.1) is 0 Å². The molecule has 1 spiro atoms. The fourth-order valence-corrected chi connectivity index (χ4v) is 4.84. The molecule has 6 heteroatoms. The van der Waals surface area contributed by atoms with E-state index in [4.69, 9.17) is 14.2 Å². The van der Waals surface area contributed by atoms with Gasteiger partial charge in [-0.3, -0.25) is 14.5 Å². The van der Waals surface area contributed by atoms with Crippen LogP contribution in [0.2, 0.25) is 0 Å². The molecule has 2 aromatic rings. The summed E-state index contributed by atoms with van der Waals surface area (Å²) >= 11 is 0. The summed E-state index contributed by atoms with van der Waals surface area (Å²) in [6.07, 6.45) is 0.229. The number of anilines is 1. The van der Waals surface area contributed by atoms with E-state index >= 15 is 0 Å². The number of hydrogen-bond donors (Lipinski definition) is 0. The van der Waals surface area contributed by atoms with E-state index in [1.54, 1.807) is 0 Å². The third-order valence-electron chi connectivity index (χ3n) is 6.00. The lowest BCUT2D eigenvalue weighted by molar-refractivity contribution is -0.191. The molecule has 1 saturated heterocycles. The molecule has 32 heavy (non-hydrogen) atoms. The van der Waals surface area contributed by atoms with Gasteiger partial charge >= 0.3 is 5.97 Å². The van der Waals surface area contributed by atoms with Gasteiger partial charge in [-0.05, 0) is 38.8 Å². The van der Waals surface area contributed by atoms with Crippen molar-refractivity contribution in [1.82, 2.24) is 0 Å². The van der Waals surface area contributed by atoms with Gasteiger partial charge in [0, 0.05) is 12.7 Å². The van der Waals surface area contributed by atoms with E-state index in [2.05, 4.69) is 6.58 Å². The van der Waals surface area contributed by atoms with Gasteiger partial charge in [0.2, 0.25) is 0 Å². The average Bonchev–Trinajstić information content (AvgIpc) is 2.99. The summed E-state index contributed by atoms with van der Waals surface area (Å²) in [6.45, 7) is 9.78. The molecule has 2 aliphatic heterocycles. The number of fused-ring (bicyclic) bond motifs is 2. The lowest BCUT2D eigenvalue weighted by Crippen LogP contribution is -2.64. The number of carbonyl (C=O) groups is 2. The number of nitrogens with zero attached hydrogens (tertiary/aromatic N) is 1. The quantitative estimate of drug-likeness (QED) is 0.535. The molecule has 6 nitrogen and oxygen atoms in total. The molecular weight excluding hydrogens is 406 g/mol. The van der Waals surface area contributed by atoms with Crippen molar-refractivity contribution in [3.05, 3.63) is 77.9 Å². The lowest BCUT2D eigenvalue weighted by Gasteiger charge is -2.49. The molecule has 0 N–H and O–H groups in total. The van der Waals surface area contributed by atoms with Gasteiger partial charge in [-0.1, -0.05) is 60.7 Å². The molecule has 2 heterocycles. The molecule has 2 aliphatic rings. The van der Waals surface area contributed by atoms with Gasteiger partial charge in [0.05, 0.1) is 12.3 Å². The van der Waals surface area contributed by atoms with Crippen LogP contribution in [0.1, 0.15) is 38.3 Å². The molecule has 0 aliphatic carbocycles. The Balaban J connectivity index is 2.06. The van der Waals surface area contributed by atoms with E-state index in [9.17, 15) is 9.59 Å². The third-order valence-corrected chi connectivity index (χ3v) is 6.00. The van der Waals surface area contributed by atoms with Gasteiger partial charge in [0.15, 0.2) is 5.60 Å². The van der Waals surface area contributed by atoms with Crippen molar-refractivity contribution < 1.29 is 23.8 Å². The Bertz CT molecular complexity index is 1060. The summed E-state index contributed by atoms with van der Waals surface area (Å²) < 4.78 is 17.7. The van der Waals surface area contributed by atoms with Crippen molar-refractivity contribution in [2.24, 2.45) is 0 Å². The highest BCUT2D eigenvalue weighted by Crippen LogP contribution is 2.59. The van der Waals surface area contributed by atoms with Crippen LogP contribution in [0.25, 0.3) is 0 Å². The Kier molecular flexibility index (Phi) is 5.47. The Morgan fingerprint density at radius 1 is 1.12 bits per heavy atom. The van der Waals surface area contributed by atoms with Crippen molar-refractivity contribution in [3.63, 3.8) is 0 Å². The maximum atomic E-state index is 14.2. The number of amides is 1. The van der Waals surface area contributed by atoms with Gasteiger partial charge in [-0.2, -0.15) is 0 Å². The second-order valence-corrected chi connectivity index (χ2v) is 9.34. The van der Waals surface area contributed by atoms with Crippen molar-refractivity contribution in [3.8, 4) is 0 Å². The van der Waals surface area contributed by atoms with Gasteiger partial charge in [0.25, 0.3) is 5.91 Å². The summed E-state index contributed by atoms with van der Waals surface area (Å²) in [7, 11) is 1.53. The van der Waals surface area contributed by atoms with E-state index in [0.717, 1.165) is 5.57 Å². The number of rotatable bonds is 4. The predicted molar refractivity (Wildman–Crippen MR) is 121 cm³/mol. The monoisotopic (exact) mass is 435 g/mol. The highest BCUT2D eigenvalue weighted by atomic mass is 16.6. The van der Waals surface area contributed by atoms with Crippen molar-refractivity contribution in [2.45, 2.75) is 43.8 Å². The zero-order valence-electron chi connectivity index (χ0n) is 19.0. The maximum absolute atomic E-state index is 14.2. The summed E-state index contributed by atoms with van der Waals surface area (Å²) in [5, 5.41) is 0. The van der Waals surface area contributed by atoms with Gasteiger partial charge in [-0.15, -0.1) is 0 Å². The number of para-hydroxylation sites is 1. The number of carbonyl (C=O) groups excluding carboxylic acids is 2. The van der Waals surface area contributed by atoms with E-state index in [0.29, 0.717) is 16.8 Å². The van der Waals surface area contributed by atoms with Gasteiger partial charge in [-0.25, -0.2) is 0 Å². The number of ether oxygens (including phenoxy) is 3. The standard InChI is InChI=1S/C26H29NO5/c1-18-15-25(19-11-7-6-8-12-19,23(29)32-24(2,3)4)26(31-16-18)20-13-9-10-14-21(20)27(17-30-5)22(26)28/h6-14H,1,15-17H2,2-5H3/t25-,26-/m0/s1. The molecule has 2 atom stereocenters. The van der Waals surface area contributed by atoms with Crippen LogP contribution in [-0.4, -0.2) is 37.9 Å². The van der Waals surface area contributed by atoms with E-state index in [1.165, 1.54) is 12.0 Å². The molecule has 0 unspecified atom stereocenters. The van der Waals surface area contributed by atoms with Gasteiger partial charge in [0.1, 0.15) is 17.7 Å². The Morgan fingerprint density at radius 3 is 2.44 bits per heavy atom. The molecule has 1 fully saturated rings. The summed E-state index contributed by atoms with van der Waals surface area (Å²) in [5.41, 5.74) is -1.15. The molecule has 168 valence electrons. The highest BCUT2D eigenvalue weighted by Gasteiger charge is 2.71. The predicted octanol–water partition coefficient (Wildman–Crippen LogP) is 4.09. The number of esters is 1. The lowest BCUT2D eigenvalue weighted by atomic mass is 9.60. The molecule has 0 saturated carbocycles. The second-order valence-electron chi connectivity index (χ2n) is 9.34.